The predicted octanol–water partition coefficient (Wildman–Crippen LogP) is 1.08. The molecular formula is C12H16O4. The van der Waals surface area contributed by atoms with E-state index in [0.29, 0.717) is 19.8 Å². The zero-order valence-corrected chi connectivity index (χ0v) is 9.31. The van der Waals surface area contributed by atoms with Gasteiger partial charge in [-0.05, 0) is 12.1 Å². The highest BCUT2D eigenvalue weighted by Crippen LogP contribution is 2.28. The highest BCUT2D eigenvalue weighted by atomic mass is 16.5. The van der Waals surface area contributed by atoms with Gasteiger partial charge in [-0.25, -0.2) is 0 Å². The average Bonchev–Trinajstić information content (AvgIpc) is 2.29. The second kappa shape index (κ2) is 4.72. The lowest BCUT2D eigenvalue weighted by Crippen LogP contribution is -2.49. The van der Waals surface area contributed by atoms with Crippen molar-refractivity contribution in [2.75, 3.05) is 33.5 Å². The maximum absolute atomic E-state index is 9.23. The van der Waals surface area contributed by atoms with Crippen molar-refractivity contribution in [1.29, 1.82) is 0 Å². The summed E-state index contributed by atoms with van der Waals surface area (Å²) in [6.45, 7) is 1.69. The standard InChI is InChI=1S/C12H16O4/c1-14-10-3-2-4-11(5-10)16-9-12(6-13)7-15-8-12/h2-5,13H,6-9H2,1H3. The first-order chi connectivity index (χ1) is 7.78. The van der Waals surface area contributed by atoms with Crippen molar-refractivity contribution in [2.24, 2.45) is 5.41 Å². The van der Waals surface area contributed by atoms with Gasteiger partial charge in [-0.2, -0.15) is 0 Å². The lowest BCUT2D eigenvalue weighted by Gasteiger charge is -2.39. The molecule has 1 N–H and O–H groups in total. The monoisotopic (exact) mass is 224 g/mol. The highest BCUT2D eigenvalue weighted by molar-refractivity contribution is 5.32. The maximum atomic E-state index is 9.23. The van der Waals surface area contributed by atoms with Gasteiger partial charge in [0.25, 0.3) is 0 Å². The van der Waals surface area contributed by atoms with Crippen LogP contribution in [0.1, 0.15) is 0 Å². The first-order valence-electron chi connectivity index (χ1n) is 5.23. The molecule has 0 saturated carbocycles. The molecule has 16 heavy (non-hydrogen) atoms. The molecule has 4 heteroatoms. The van der Waals surface area contributed by atoms with Crippen molar-refractivity contribution in [3.8, 4) is 11.5 Å². The van der Waals surface area contributed by atoms with Crippen LogP contribution in [0, 0.1) is 5.41 Å². The third-order valence-electron chi connectivity index (χ3n) is 2.74. The molecular weight excluding hydrogens is 208 g/mol. The number of methoxy groups -OCH3 is 1. The van der Waals surface area contributed by atoms with Crippen LogP contribution in [0.4, 0.5) is 0 Å². The number of rotatable bonds is 5. The number of aliphatic hydroxyl groups is 1. The van der Waals surface area contributed by atoms with Crippen LogP contribution in [0.15, 0.2) is 24.3 Å². The lowest BCUT2D eigenvalue weighted by molar-refractivity contribution is -0.153. The zero-order valence-electron chi connectivity index (χ0n) is 9.31. The Kier molecular flexibility index (Phi) is 3.31. The fraction of sp³-hybridized carbons (Fsp3) is 0.500. The number of ether oxygens (including phenoxy) is 3. The van der Waals surface area contributed by atoms with Crippen LogP contribution in [0.3, 0.4) is 0 Å². The average molecular weight is 224 g/mol. The molecule has 1 aromatic carbocycles. The molecule has 0 aromatic heterocycles. The van der Waals surface area contributed by atoms with Crippen LogP contribution >= 0.6 is 0 Å². The Labute approximate surface area is 94.8 Å². The molecule has 1 saturated heterocycles. The van der Waals surface area contributed by atoms with Crippen LogP contribution < -0.4 is 9.47 Å². The van der Waals surface area contributed by atoms with Gasteiger partial charge in [-0.1, -0.05) is 6.07 Å². The minimum absolute atomic E-state index is 0.0942. The van der Waals surface area contributed by atoms with E-state index in [0.717, 1.165) is 11.5 Å². The summed E-state index contributed by atoms with van der Waals surface area (Å²) in [7, 11) is 1.62. The van der Waals surface area contributed by atoms with Crippen LogP contribution in [0.5, 0.6) is 11.5 Å². The summed E-state index contributed by atoms with van der Waals surface area (Å²) in [4.78, 5) is 0. The van der Waals surface area contributed by atoms with E-state index in [4.69, 9.17) is 14.2 Å². The van der Waals surface area contributed by atoms with Crippen LogP contribution in [-0.2, 0) is 4.74 Å². The molecule has 0 atom stereocenters. The van der Waals surface area contributed by atoms with Crippen molar-refractivity contribution < 1.29 is 19.3 Å². The molecule has 1 aromatic rings. The SMILES string of the molecule is COc1cccc(OCC2(CO)COC2)c1. The van der Waals surface area contributed by atoms with Gasteiger partial charge < -0.3 is 19.3 Å². The molecule has 1 aliphatic heterocycles. The van der Waals surface area contributed by atoms with E-state index in [1.165, 1.54) is 0 Å². The van der Waals surface area contributed by atoms with Crippen molar-refractivity contribution in [2.45, 2.75) is 0 Å². The molecule has 0 radical (unpaired) electrons. The van der Waals surface area contributed by atoms with Gasteiger partial charge >= 0.3 is 0 Å². The highest BCUT2D eigenvalue weighted by Gasteiger charge is 2.39. The Balaban J connectivity index is 1.93. The molecule has 1 aliphatic rings. The third-order valence-corrected chi connectivity index (χ3v) is 2.74. The number of aliphatic hydroxyl groups excluding tert-OH is 1. The molecule has 0 aliphatic carbocycles. The summed E-state index contributed by atoms with van der Waals surface area (Å²) in [6, 6.07) is 7.43. The van der Waals surface area contributed by atoms with Gasteiger partial charge in [0.1, 0.15) is 18.1 Å². The summed E-state index contributed by atoms with van der Waals surface area (Å²) in [5, 5.41) is 9.23. The van der Waals surface area contributed by atoms with E-state index in [9.17, 15) is 5.11 Å². The molecule has 88 valence electrons. The minimum atomic E-state index is -0.219. The van der Waals surface area contributed by atoms with Crippen molar-refractivity contribution >= 4 is 0 Å². The van der Waals surface area contributed by atoms with Gasteiger partial charge in [0.05, 0.1) is 32.3 Å². The Morgan fingerprint density at radius 1 is 1.38 bits per heavy atom. The van der Waals surface area contributed by atoms with E-state index < -0.39 is 0 Å². The van der Waals surface area contributed by atoms with Crippen LogP contribution in [0.25, 0.3) is 0 Å². The topological polar surface area (TPSA) is 47.9 Å². The molecule has 0 unspecified atom stereocenters. The maximum Gasteiger partial charge on any atom is 0.123 e. The van der Waals surface area contributed by atoms with Gasteiger partial charge in [-0.3, -0.25) is 0 Å². The summed E-state index contributed by atoms with van der Waals surface area (Å²) in [6.07, 6.45) is 0. The normalized spacial score (nSPS) is 17.6. The van der Waals surface area contributed by atoms with Crippen molar-refractivity contribution in [3.63, 3.8) is 0 Å². The smallest absolute Gasteiger partial charge is 0.123 e. The van der Waals surface area contributed by atoms with Crippen LogP contribution in [-0.4, -0.2) is 38.6 Å². The van der Waals surface area contributed by atoms with E-state index in [1.54, 1.807) is 7.11 Å². The predicted molar refractivity (Wildman–Crippen MR) is 58.8 cm³/mol. The summed E-state index contributed by atoms with van der Waals surface area (Å²) >= 11 is 0. The fourth-order valence-corrected chi connectivity index (χ4v) is 1.54. The van der Waals surface area contributed by atoms with E-state index in [1.807, 2.05) is 24.3 Å². The van der Waals surface area contributed by atoms with Gasteiger partial charge in [0.2, 0.25) is 0 Å². The Hall–Kier alpha value is -1.26. The molecule has 0 spiro atoms. The number of hydrogen-bond donors (Lipinski definition) is 1. The summed E-state index contributed by atoms with van der Waals surface area (Å²) in [5.74, 6) is 1.51. The largest absolute Gasteiger partial charge is 0.497 e. The number of hydrogen-bond acceptors (Lipinski definition) is 4. The summed E-state index contributed by atoms with van der Waals surface area (Å²) < 4.78 is 15.8. The van der Waals surface area contributed by atoms with Crippen LogP contribution in [0.2, 0.25) is 0 Å². The van der Waals surface area contributed by atoms with Crippen molar-refractivity contribution in [3.05, 3.63) is 24.3 Å². The third kappa shape index (κ3) is 2.28. The fourth-order valence-electron chi connectivity index (χ4n) is 1.54. The van der Waals surface area contributed by atoms with E-state index >= 15 is 0 Å². The minimum Gasteiger partial charge on any atom is -0.497 e. The quantitative estimate of drug-likeness (QED) is 0.813. The number of benzene rings is 1. The molecule has 1 heterocycles. The van der Waals surface area contributed by atoms with Gasteiger partial charge in [0, 0.05) is 6.07 Å². The van der Waals surface area contributed by atoms with E-state index in [-0.39, 0.29) is 12.0 Å². The summed E-state index contributed by atoms with van der Waals surface area (Å²) in [5.41, 5.74) is -0.219. The first kappa shape index (κ1) is 11.2. The molecule has 1 fully saturated rings. The van der Waals surface area contributed by atoms with Gasteiger partial charge in [-0.15, -0.1) is 0 Å². The Morgan fingerprint density at radius 3 is 2.69 bits per heavy atom. The second-order valence-electron chi connectivity index (χ2n) is 4.12. The zero-order chi connectivity index (χ0) is 11.4. The molecule has 2 rings (SSSR count). The lowest BCUT2D eigenvalue weighted by atomic mass is 9.88. The molecule has 0 amide bonds. The first-order valence-corrected chi connectivity index (χ1v) is 5.23. The Morgan fingerprint density at radius 2 is 2.12 bits per heavy atom. The Bertz CT molecular complexity index is 341. The van der Waals surface area contributed by atoms with E-state index in [2.05, 4.69) is 0 Å². The molecule has 4 nitrogen and oxygen atoms in total. The second-order valence-corrected chi connectivity index (χ2v) is 4.12. The molecule has 0 bridgehead atoms. The van der Waals surface area contributed by atoms with Crippen molar-refractivity contribution in [1.82, 2.24) is 0 Å². The van der Waals surface area contributed by atoms with Gasteiger partial charge in [0.15, 0.2) is 0 Å².